The summed E-state index contributed by atoms with van der Waals surface area (Å²) in [4.78, 5) is 6.99. The molecule has 1 aromatic carbocycles. The summed E-state index contributed by atoms with van der Waals surface area (Å²) < 4.78 is 0. The Morgan fingerprint density at radius 3 is 3.00 bits per heavy atom. The number of benzene rings is 1. The molecule has 4 heteroatoms. The second-order valence-electron chi connectivity index (χ2n) is 5.46. The molecule has 1 fully saturated rings. The molecule has 1 atom stereocenters. The molecule has 0 aliphatic carbocycles. The Balaban J connectivity index is 1.97. The predicted molar refractivity (Wildman–Crippen MR) is 82.0 cm³/mol. The molecule has 1 aliphatic heterocycles. The molecule has 0 amide bonds. The molecule has 1 aliphatic rings. The second-order valence-corrected chi connectivity index (χ2v) is 5.84. The number of aliphatic hydroxyl groups excluding tert-OH is 1. The van der Waals surface area contributed by atoms with Gasteiger partial charge in [0.15, 0.2) is 0 Å². The summed E-state index contributed by atoms with van der Waals surface area (Å²) in [5, 5.41) is 11.3. The van der Waals surface area contributed by atoms with Gasteiger partial charge in [-0.25, -0.2) is 4.98 Å². The number of halogens is 1. The number of aryl methyl sites for hydroxylation is 1. The summed E-state index contributed by atoms with van der Waals surface area (Å²) in [6, 6.07) is 8.34. The minimum Gasteiger partial charge on any atom is -0.395 e. The molecule has 20 heavy (non-hydrogen) atoms. The Morgan fingerprint density at radius 2 is 2.20 bits per heavy atom. The normalized spacial score (nSPS) is 19.9. The third-order valence-corrected chi connectivity index (χ3v) is 4.71. The molecular formula is C16H19ClN2O. The molecule has 106 valence electrons. The third kappa shape index (κ3) is 2.41. The van der Waals surface area contributed by atoms with Crippen molar-refractivity contribution in [3.8, 4) is 0 Å². The SMILES string of the molecule is Cc1c(Cl)c(CN2CCC[C@@H]2CO)nc2ccccc12. The zero-order valence-corrected chi connectivity index (χ0v) is 12.4. The highest BCUT2D eigenvalue weighted by atomic mass is 35.5. The fourth-order valence-corrected chi connectivity index (χ4v) is 3.23. The lowest BCUT2D eigenvalue weighted by atomic mass is 10.1. The molecule has 0 bridgehead atoms. The van der Waals surface area contributed by atoms with Crippen LogP contribution in [0, 0.1) is 6.92 Å². The van der Waals surface area contributed by atoms with E-state index in [0.717, 1.165) is 53.1 Å². The zero-order chi connectivity index (χ0) is 14.1. The highest BCUT2D eigenvalue weighted by Crippen LogP contribution is 2.29. The minimum absolute atomic E-state index is 0.212. The number of hydrogen-bond acceptors (Lipinski definition) is 3. The first-order valence-electron chi connectivity index (χ1n) is 7.09. The minimum atomic E-state index is 0.212. The quantitative estimate of drug-likeness (QED) is 0.943. The van der Waals surface area contributed by atoms with Gasteiger partial charge in [-0.15, -0.1) is 0 Å². The maximum Gasteiger partial charge on any atom is 0.0740 e. The molecule has 0 spiro atoms. The fourth-order valence-electron chi connectivity index (χ4n) is 3.02. The highest BCUT2D eigenvalue weighted by molar-refractivity contribution is 6.32. The number of fused-ring (bicyclic) bond motifs is 1. The molecule has 1 saturated heterocycles. The first-order chi connectivity index (χ1) is 9.70. The topological polar surface area (TPSA) is 36.4 Å². The molecule has 1 aromatic heterocycles. The van der Waals surface area contributed by atoms with E-state index in [4.69, 9.17) is 16.6 Å². The Hall–Kier alpha value is -1.16. The number of likely N-dealkylation sites (tertiary alicyclic amines) is 1. The van der Waals surface area contributed by atoms with Gasteiger partial charge in [0.25, 0.3) is 0 Å². The van der Waals surface area contributed by atoms with Gasteiger partial charge in [0.05, 0.1) is 22.8 Å². The van der Waals surface area contributed by atoms with Gasteiger partial charge in [-0.05, 0) is 37.9 Å². The fraction of sp³-hybridized carbons (Fsp3) is 0.438. The summed E-state index contributed by atoms with van der Waals surface area (Å²) >= 11 is 6.49. The Bertz CT molecular complexity index is 629. The van der Waals surface area contributed by atoms with Crippen LogP contribution in [0.3, 0.4) is 0 Å². The van der Waals surface area contributed by atoms with Crippen LogP contribution >= 0.6 is 11.6 Å². The van der Waals surface area contributed by atoms with Crippen LogP contribution in [0.15, 0.2) is 24.3 Å². The standard InChI is InChI=1S/C16H19ClN2O/c1-11-13-6-2-3-7-14(13)18-15(16(11)17)9-19-8-4-5-12(19)10-20/h2-3,6-7,12,20H,4-5,8-10H2,1H3/t12-/m1/s1. The van der Waals surface area contributed by atoms with Gasteiger partial charge in [0, 0.05) is 18.0 Å². The van der Waals surface area contributed by atoms with Gasteiger partial charge in [0.2, 0.25) is 0 Å². The van der Waals surface area contributed by atoms with Crippen LogP contribution in [0.25, 0.3) is 10.9 Å². The van der Waals surface area contributed by atoms with Crippen molar-refractivity contribution in [2.75, 3.05) is 13.2 Å². The van der Waals surface area contributed by atoms with E-state index in [9.17, 15) is 5.11 Å². The smallest absolute Gasteiger partial charge is 0.0740 e. The van der Waals surface area contributed by atoms with Crippen LogP contribution in [0.4, 0.5) is 0 Å². The second kappa shape index (κ2) is 5.68. The number of nitrogens with zero attached hydrogens (tertiary/aromatic N) is 2. The highest BCUT2D eigenvalue weighted by Gasteiger charge is 2.25. The number of pyridine rings is 1. The van der Waals surface area contributed by atoms with Gasteiger partial charge in [-0.1, -0.05) is 29.8 Å². The number of aromatic nitrogens is 1. The molecule has 3 rings (SSSR count). The summed E-state index contributed by atoms with van der Waals surface area (Å²) in [6.07, 6.45) is 2.19. The average Bonchev–Trinajstić information content (AvgIpc) is 2.92. The van der Waals surface area contributed by atoms with Crippen molar-refractivity contribution in [2.45, 2.75) is 32.4 Å². The van der Waals surface area contributed by atoms with Crippen molar-refractivity contribution >= 4 is 22.5 Å². The van der Waals surface area contributed by atoms with Crippen LogP contribution in [-0.4, -0.2) is 34.2 Å². The molecular weight excluding hydrogens is 272 g/mol. The van der Waals surface area contributed by atoms with Gasteiger partial charge < -0.3 is 5.11 Å². The van der Waals surface area contributed by atoms with Crippen molar-refractivity contribution in [2.24, 2.45) is 0 Å². The molecule has 2 aromatic rings. The summed E-state index contributed by atoms with van der Waals surface area (Å²) in [5.74, 6) is 0. The van der Waals surface area contributed by atoms with Gasteiger partial charge in [-0.3, -0.25) is 4.90 Å². The summed E-state index contributed by atoms with van der Waals surface area (Å²) in [5.41, 5.74) is 3.00. The van der Waals surface area contributed by atoms with Crippen molar-refractivity contribution in [3.63, 3.8) is 0 Å². The van der Waals surface area contributed by atoms with Crippen molar-refractivity contribution in [3.05, 3.63) is 40.5 Å². The maximum absolute atomic E-state index is 9.42. The van der Waals surface area contributed by atoms with Gasteiger partial charge in [0.1, 0.15) is 0 Å². The molecule has 0 radical (unpaired) electrons. The number of hydrogen-bond donors (Lipinski definition) is 1. The van der Waals surface area contributed by atoms with Gasteiger partial charge >= 0.3 is 0 Å². The van der Waals surface area contributed by atoms with E-state index in [1.807, 2.05) is 25.1 Å². The third-order valence-electron chi connectivity index (χ3n) is 4.21. The van der Waals surface area contributed by atoms with E-state index >= 15 is 0 Å². The van der Waals surface area contributed by atoms with Crippen LogP contribution in [0.5, 0.6) is 0 Å². The Kier molecular flexibility index (Phi) is 3.92. The van der Waals surface area contributed by atoms with Crippen molar-refractivity contribution < 1.29 is 5.11 Å². The lowest BCUT2D eigenvalue weighted by molar-refractivity contribution is 0.152. The lowest BCUT2D eigenvalue weighted by Gasteiger charge is -2.23. The van der Waals surface area contributed by atoms with Crippen LogP contribution in [0.1, 0.15) is 24.1 Å². The van der Waals surface area contributed by atoms with Crippen molar-refractivity contribution in [1.29, 1.82) is 0 Å². The predicted octanol–water partition coefficient (Wildman–Crippen LogP) is 3.15. The maximum atomic E-state index is 9.42. The van der Waals surface area contributed by atoms with E-state index in [-0.39, 0.29) is 12.6 Å². The Morgan fingerprint density at radius 1 is 1.40 bits per heavy atom. The Labute approximate surface area is 124 Å². The van der Waals surface area contributed by atoms with Crippen LogP contribution in [0.2, 0.25) is 5.02 Å². The summed E-state index contributed by atoms with van der Waals surface area (Å²) in [6.45, 7) is 3.98. The molecule has 0 unspecified atom stereocenters. The van der Waals surface area contributed by atoms with E-state index in [0.29, 0.717) is 0 Å². The van der Waals surface area contributed by atoms with Crippen LogP contribution < -0.4 is 0 Å². The molecule has 3 nitrogen and oxygen atoms in total. The van der Waals surface area contributed by atoms with E-state index < -0.39 is 0 Å². The van der Waals surface area contributed by atoms with Crippen LogP contribution in [-0.2, 0) is 6.54 Å². The number of para-hydroxylation sites is 1. The van der Waals surface area contributed by atoms with Gasteiger partial charge in [-0.2, -0.15) is 0 Å². The first kappa shape index (κ1) is 13.8. The average molecular weight is 291 g/mol. The van der Waals surface area contributed by atoms with Crippen molar-refractivity contribution in [1.82, 2.24) is 9.88 Å². The zero-order valence-electron chi connectivity index (χ0n) is 11.6. The largest absolute Gasteiger partial charge is 0.395 e. The summed E-state index contributed by atoms with van der Waals surface area (Å²) in [7, 11) is 0. The van der Waals surface area contributed by atoms with E-state index in [1.165, 1.54) is 0 Å². The molecule has 2 heterocycles. The monoisotopic (exact) mass is 290 g/mol. The van der Waals surface area contributed by atoms with E-state index in [1.54, 1.807) is 0 Å². The molecule has 0 saturated carbocycles. The lowest BCUT2D eigenvalue weighted by Crippen LogP contribution is -2.32. The van der Waals surface area contributed by atoms with E-state index in [2.05, 4.69) is 11.0 Å². The first-order valence-corrected chi connectivity index (χ1v) is 7.47. The molecule has 1 N–H and O–H groups in total. The number of rotatable bonds is 3. The number of aliphatic hydroxyl groups is 1.